The lowest BCUT2D eigenvalue weighted by Crippen LogP contribution is -2.47. The number of nitrogens with zero attached hydrogens (tertiary/aromatic N) is 3. The fourth-order valence-electron chi connectivity index (χ4n) is 2.36. The molecule has 2 rings (SSSR count). The smallest absolute Gasteiger partial charge is 0.274 e. The minimum absolute atomic E-state index is 0.0979. The molecule has 6 heteroatoms. The van der Waals surface area contributed by atoms with Crippen molar-refractivity contribution < 1.29 is 4.79 Å². The van der Waals surface area contributed by atoms with Gasteiger partial charge in [0.05, 0.1) is 11.2 Å². The van der Waals surface area contributed by atoms with E-state index >= 15 is 0 Å². The van der Waals surface area contributed by atoms with Crippen LogP contribution in [0.3, 0.4) is 0 Å². The van der Waals surface area contributed by atoms with Crippen molar-refractivity contribution in [1.29, 1.82) is 0 Å². The molecule has 0 bridgehead atoms. The van der Waals surface area contributed by atoms with Crippen LogP contribution < -0.4 is 5.32 Å². The van der Waals surface area contributed by atoms with Crippen LogP contribution in [0.25, 0.3) is 0 Å². The number of likely N-dealkylation sites (N-methyl/N-ethyl adjacent to an activating group) is 1. The van der Waals surface area contributed by atoms with E-state index in [2.05, 4.69) is 15.3 Å². The van der Waals surface area contributed by atoms with E-state index in [1.165, 1.54) is 6.20 Å². The maximum atomic E-state index is 12.6. The van der Waals surface area contributed by atoms with Gasteiger partial charge in [0.25, 0.3) is 5.91 Å². The molecular formula is C14H21ClN4O. The average molecular weight is 297 g/mol. The van der Waals surface area contributed by atoms with Gasteiger partial charge in [-0.2, -0.15) is 0 Å². The summed E-state index contributed by atoms with van der Waals surface area (Å²) in [7, 11) is 1.92. The highest BCUT2D eigenvalue weighted by molar-refractivity contribution is 6.33. The van der Waals surface area contributed by atoms with Gasteiger partial charge in [-0.05, 0) is 19.9 Å². The van der Waals surface area contributed by atoms with Crippen molar-refractivity contribution in [2.75, 3.05) is 20.1 Å². The van der Waals surface area contributed by atoms with E-state index < -0.39 is 0 Å². The predicted molar refractivity (Wildman–Crippen MR) is 79.1 cm³/mol. The van der Waals surface area contributed by atoms with Gasteiger partial charge in [-0.1, -0.05) is 25.4 Å². The summed E-state index contributed by atoms with van der Waals surface area (Å²) in [4.78, 5) is 22.9. The number of hydrogen-bond acceptors (Lipinski definition) is 4. The molecule has 0 spiro atoms. The van der Waals surface area contributed by atoms with Gasteiger partial charge in [-0.25, -0.2) is 9.97 Å². The van der Waals surface area contributed by atoms with Crippen molar-refractivity contribution in [3.8, 4) is 0 Å². The highest BCUT2D eigenvalue weighted by Crippen LogP contribution is 2.20. The van der Waals surface area contributed by atoms with Gasteiger partial charge in [-0.15, -0.1) is 0 Å². The first kappa shape index (κ1) is 15.2. The van der Waals surface area contributed by atoms with Gasteiger partial charge in [0.1, 0.15) is 5.82 Å². The van der Waals surface area contributed by atoms with Crippen LogP contribution in [0, 0.1) is 0 Å². The largest absolute Gasteiger partial charge is 0.336 e. The van der Waals surface area contributed by atoms with Crippen LogP contribution in [0.5, 0.6) is 0 Å². The number of carbonyl (C=O) groups excluding carboxylic acids is 1. The molecule has 0 aliphatic carbocycles. The molecule has 1 aromatic rings. The molecular weight excluding hydrogens is 276 g/mol. The molecule has 0 aromatic carbocycles. The van der Waals surface area contributed by atoms with E-state index in [-0.39, 0.29) is 11.8 Å². The molecule has 20 heavy (non-hydrogen) atoms. The highest BCUT2D eigenvalue weighted by Gasteiger charge is 2.26. The summed E-state index contributed by atoms with van der Waals surface area (Å²) in [5.74, 6) is 0.726. The summed E-state index contributed by atoms with van der Waals surface area (Å²) >= 11 is 6.10. The lowest BCUT2D eigenvalue weighted by molar-refractivity contribution is 0.0692. The van der Waals surface area contributed by atoms with Gasteiger partial charge >= 0.3 is 0 Å². The van der Waals surface area contributed by atoms with E-state index in [1.807, 2.05) is 25.8 Å². The third kappa shape index (κ3) is 3.27. The van der Waals surface area contributed by atoms with Crippen molar-refractivity contribution in [3.05, 3.63) is 22.7 Å². The van der Waals surface area contributed by atoms with Gasteiger partial charge in [0.15, 0.2) is 5.69 Å². The number of piperidine rings is 1. The zero-order valence-electron chi connectivity index (χ0n) is 12.2. The maximum Gasteiger partial charge on any atom is 0.274 e. The second-order valence-electron chi connectivity index (χ2n) is 5.46. The summed E-state index contributed by atoms with van der Waals surface area (Å²) in [5, 5.41) is 3.55. The molecule has 1 aromatic heterocycles. The Bertz CT molecular complexity index is 492. The Morgan fingerprint density at radius 3 is 2.95 bits per heavy atom. The van der Waals surface area contributed by atoms with Crippen LogP contribution >= 0.6 is 11.6 Å². The minimum atomic E-state index is -0.0979. The van der Waals surface area contributed by atoms with Crippen LogP contribution in [0.4, 0.5) is 0 Å². The fraction of sp³-hybridized carbons (Fsp3) is 0.643. The fourth-order valence-corrected chi connectivity index (χ4v) is 2.53. The van der Waals surface area contributed by atoms with E-state index in [4.69, 9.17) is 11.6 Å². The third-order valence-electron chi connectivity index (χ3n) is 3.60. The SMILES string of the molecule is CNC1CCCN(C(=O)c2nc(C(C)C)ncc2Cl)C1. The second-order valence-corrected chi connectivity index (χ2v) is 5.87. The molecule has 1 amide bonds. The molecule has 110 valence electrons. The van der Waals surface area contributed by atoms with Gasteiger partial charge in [-0.3, -0.25) is 4.79 Å². The lowest BCUT2D eigenvalue weighted by Gasteiger charge is -2.32. The number of aromatic nitrogens is 2. The Morgan fingerprint density at radius 1 is 1.55 bits per heavy atom. The summed E-state index contributed by atoms with van der Waals surface area (Å²) < 4.78 is 0. The molecule has 1 atom stereocenters. The first-order valence-electron chi connectivity index (χ1n) is 7.02. The predicted octanol–water partition coefficient (Wildman–Crippen LogP) is 2.08. The monoisotopic (exact) mass is 296 g/mol. The normalized spacial score (nSPS) is 19.4. The van der Waals surface area contributed by atoms with Crippen LogP contribution in [-0.2, 0) is 0 Å². The number of amides is 1. The molecule has 2 heterocycles. The van der Waals surface area contributed by atoms with Crippen LogP contribution in [-0.4, -0.2) is 47.0 Å². The maximum absolute atomic E-state index is 12.6. The average Bonchev–Trinajstić information content (AvgIpc) is 2.46. The Balaban J connectivity index is 2.21. The second kappa shape index (κ2) is 6.50. The van der Waals surface area contributed by atoms with Gasteiger partial charge in [0.2, 0.25) is 0 Å². The van der Waals surface area contributed by atoms with Gasteiger partial charge in [0, 0.05) is 25.0 Å². The summed E-state index contributed by atoms with van der Waals surface area (Å²) in [6.07, 6.45) is 3.61. The van der Waals surface area contributed by atoms with Crippen molar-refractivity contribution in [2.24, 2.45) is 0 Å². The van der Waals surface area contributed by atoms with Crippen LogP contribution in [0.1, 0.15) is 48.9 Å². The number of nitrogens with one attached hydrogen (secondary N) is 1. The topological polar surface area (TPSA) is 58.1 Å². The van der Waals surface area contributed by atoms with Crippen molar-refractivity contribution in [2.45, 2.75) is 38.6 Å². The van der Waals surface area contributed by atoms with E-state index in [1.54, 1.807) is 0 Å². The van der Waals surface area contributed by atoms with Crippen LogP contribution in [0.15, 0.2) is 6.20 Å². The van der Waals surface area contributed by atoms with E-state index in [0.717, 1.165) is 19.4 Å². The molecule has 0 saturated carbocycles. The summed E-state index contributed by atoms with van der Waals surface area (Å²) in [6.45, 7) is 5.45. The Kier molecular flexibility index (Phi) is 4.94. The van der Waals surface area contributed by atoms with Crippen molar-refractivity contribution in [1.82, 2.24) is 20.2 Å². The number of rotatable bonds is 3. The minimum Gasteiger partial charge on any atom is -0.336 e. The molecule has 1 aliphatic heterocycles. The molecule has 5 nitrogen and oxygen atoms in total. The Morgan fingerprint density at radius 2 is 2.30 bits per heavy atom. The first-order chi connectivity index (χ1) is 9.52. The molecule has 1 fully saturated rings. The van der Waals surface area contributed by atoms with Crippen LogP contribution in [0.2, 0.25) is 5.02 Å². The van der Waals surface area contributed by atoms with Crippen molar-refractivity contribution >= 4 is 17.5 Å². The molecule has 0 radical (unpaired) electrons. The number of halogens is 1. The van der Waals surface area contributed by atoms with Crippen molar-refractivity contribution in [3.63, 3.8) is 0 Å². The number of hydrogen-bond donors (Lipinski definition) is 1. The summed E-state index contributed by atoms with van der Waals surface area (Å²) in [5.41, 5.74) is 0.321. The quantitative estimate of drug-likeness (QED) is 0.928. The lowest BCUT2D eigenvalue weighted by atomic mass is 10.1. The zero-order valence-corrected chi connectivity index (χ0v) is 12.9. The Labute approximate surface area is 124 Å². The zero-order chi connectivity index (χ0) is 14.7. The molecule has 1 unspecified atom stereocenters. The standard InChI is InChI=1S/C14H21ClN4O/c1-9(2)13-17-7-11(15)12(18-13)14(20)19-6-4-5-10(8-19)16-3/h7,9-10,16H,4-6,8H2,1-3H3. The summed E-state index contributed by atoms with van der Waals surface area (Å²) in [6, 6.07) is 0.345. The van der Waals surface area contributed by atoms with Gasteiger partial charge < -0.3 is 10.2 Å². The number of likely N-dealkylation sites (tertiary alicyclic amines) is 1. The highest BCUT2D eigenvalue weighted by atomic mass is 35.5. The van der Waals surface area contributed by atoms with E-state index in [0.29, 0.717) is 29.1 Å². The third-order valence-corrected chi connectivity index (χ3v) is 3.88. The molecule has 1 saturated heterocycles. The molecule has 1 N–H and O–H groups in total. The van der Waals surface area contributed by atoms with E-state index in [9.17, 15) is 4.79 Å². The first-order valence-corrected chi connectivity index (χ1v) is 7.39. The number of carbonyl (C=O) groups is 1. The Hall–Kier alpha value is -1.20. The molecule has 1 aliphatic rings.